The Labute approximate surface area is 193 Å². The van der Waals surface area contributed by atoms with Crippen LogP contribution in [0.4, 0.5) is 5.95 Å². The highest BCUT2D eigenvalue weighted by Gasteiger charge is 2.29. The molecule has 0 saturated carbocycles. The van der Waals surface area contributed by atoms with Gasteiger partial charge in [-0.3, -0.25) is 4.79 Å². The van der Waals surface area contributed by atoms with E-state index in [-0.39, 0.29) is 12.5 Å². The molecule has 1 aliphatic heterocycles. The number of rotatable bonds is 6. The van der Waals surface area contributed by atoms with Crippen LogP contribution in [0.2, 0.25) is 0 Å². The van der Waals surface area contributed by atoms with Gasteiger partial charge in [-0.1, -0.05) is 18.2 Å². The first-order valence-corrected chi connectivity index (χ1v) is 10.8. The highest BCUT2D eigenvalue weighted by Crippen LogP contribution is 2.31. The standard InChI is InChI=1S/C24H28N6O3/c1-16-6-5-7-17(2)23(16)33-14-21(31)30-8-9-32-20(13-30)22-19(18-10-25-15-26-11-18)12-27-24(28-22)29(3)4/h5-7,10-12,15,20H,8-9,13-14H2,1-4H3/t20-/m1/s1. The highest BCUT2D eigenvalue weighted by molar-refractivity contribution is 5.78. The van der Waals surface area contributed by atoms with Gasteiger partial charge in [0, 0.05) is 50.4 Å². The van der Waals surface area contributed by atoms with Crippen molar-refractivity contribution in [2.75, 3.05) is 45.3 Å². The van der Waals surface area contributed by atoms with Crippen molar-refractivity contribution in [1.29, 1.82) is 0 Å². The molecule has 3 heterocycles. The van der Waals surface area contributed by atoms with Crippen LogP contribution in [0, 0.1) is 13.8 Å². The smallest absolute Gasteiger partial charge is 0.260 e. The number of nitrogens with zero attached hydrogens (tertiary/aromatic N) is 6. The molecule has 9 heteroatoms. The number of carbonyl (C=O) groups excluding carboxylic acids is 1. The van der Waals surface area contributed by atoms with Gasteiger partial charge in [0.25, 0.3) is 5.91 Å². The second kappa shape index (κ2) is 9.91. The maximum atomic E-state index is 13.0. The summed E-state index contributed by atoms with van der Waals surface area (Å²) in [6.07, 6.45) is 6.26. The molecule has 3 aromatic rings. The Balaban J connectivity index is 1.54. The van der Waals surface area contributed by atoms with Gasteiger partial charge in [0.1, 0.15) is 18.2 Å². The maximum Gasteiger partial charge on any atom is 0.260 e. The SMILES string of the molecule is Cc1cccc(C)c1OCC(=O)N1CCO[C@@H](c2nc(N(C)C)ncc2-c2cncnc2)C1. The first-order chi connectivity index (χ1) is 15.9. The first kappa shape index (κ1) is 22.6. The van der Waals surface area contributed by atoms with E-state index in [9.17, 15) is 4.79 Å². The fraction of sp³-hybridized carbons (Fsp3) is 0.375. The van der Waals surface area contributed by atoms with Crippen molar-refractivity contribution in [3.05, 3.63) is 59.9 Å². The number of hydrogen-bond acceptors (Lipinski definition) is 8. The fourth-order valence-corrected chi connectivity index (χ4v) is 3.80. The van der Waals surface area contributed by atoms with Gasteiger partial charge in [-0.25, -0.2) is 19.9 Å². The second-order valence-electron chi connectivity index (χ2n) is 8.20. The van der Waals surface area contributed by atoms with Gasteiger partial charge in [-0.2, -0.15) is 0 Å². The summed E-state index contributed by atoms with van der Waals surface area (Å²) in [6.45, 7) is 5.21. The number of aromatic nitrogens is 4. The Hall–Kier alpha value is -3.59. The summed E-state index contributed by atoms with van der Waals surface area (Å²) in [4.78, 5) is 34.0. The van der Waals surface area contributed by atoms with Gasteiger partial charge in [-0.05, 0) is 25.0 Å². The Morgan fingerprint density at radius 1 is 1.18 bits per heavy atom. The van der Waals surface area contributed by atoms with Crippen molar-refractivity contribution in [2.45, 2.75) is 20.0 Å². The van der Waals surface area contributed by atoms with Crippen LogP contribution in [-0.2, 0) is 9.53 Å². The van der Waals surface area contributed by atoms with Crippen LogP contribution in [-0.4, -0.2) is 71.1 Å². The third-order valence-electron chi connectivity index (χ3n) is 5.55. The Kier molecular flexibility index (Phi) is 6.79. The zero-order chi connectivity index (χ0) is 23.4. The molecule has 0 bridgehead atoms. The average molecular weight is 449 g/mol. The second-order valence-corrected chi connectivity index (χ2v) is 8.20. The average Bonchev–Trinajstić information content (AvgIpc) is 2.84. The van der Waals surface area contributed by atoms with Crippen LogP contribution in [0.25, 0.3) is 11.1 Å². The van der Waals surface area contributed by atoms with Crippen LogP contribution in [0.1, 0.15) is 22.9 Å². The Morgan fingerprint density at radius 2 is 1.91 bits per heavy atom. The van der Waals surface area contributed by atoms with Crippen molar-refractivity contribution >= 4 is 11.9 Å². The normalized spacial score (nSPS) is 15.9. The molecule has 1 aliphatic rings. The van der Waals surface area contributed by atoms with E-state index < -0.39 is 6.10 Å². The number of ether oxygens (including phenoxy) is 2. The summed E-state index contributed by atoms with van der Waals surface area (Å²) in [7, 11) is 3.76. The minimum atomic E-state index is -0.403. The number of morpholine rings is 1. The molecule has 1 saturated heterocycles. The van der Waals surface area contributed by atoms with E-state index in [0.717, 1.165) is 28.0 Å². The van der Waals surface area contributed by atoms with E-state index in [1.54, 1.807) is 23.5 Å². The zero-order valence-corrected chi connectivity index (χ0v) is 19.4. The first-order valence-electron chi connectivity index (χ1n) is 10.8. The lowest BCUT2D eigenvalue weighted by Crippen LogP contribution is -2.44. The van der Waals surface area contributed by atoms with Crippen molar-refractivity contribution in [1.82, 2.24) is 24.8 Å². The molecule has 0 N–H and O–H groups in total. The van der Waals surface area contributed by atoms with Crippen LogP contribution in [0.5, 0.6) is 5.75 Å². The van der Waals surface area contributed by atoms with E-state index in [1.165, 1.54) is 6.33 Å². The number of hydrogen-bond donors (Lipinski definition) is 0. The molecule has 0 unspecified atom stereocenters. The molecule has 1 aromatic carbocycles. The van der Waals surface area contributed by atoms with E-state index >= 15 is 0 Å². The molecule has 1 atom stereocenters. The van der Waals surface area contributed by atoms with Gasteiger partial charge in [0.15, 0.2) is 6.61 Å². The lowest BCUT2D eigenvalue weighted by molar-refractivity contribution is -0.141. The molecule has 0 radical (unpaired) electrons. The molecular formula is C24H28N6O3. The molecule has 1 fully saturated rings. The lowest BCUT2D eigenvalue weighted by Gasteiger charge is -2.33. The molecule has 4 rings (SSSR count). The molecular weight excluding hydrogens is 420 g/mol. The third kappa shape index (κ3) is 5.09. The number of anilines is 1. The third-order valence-corrected chi connectivity index (χ3v) is 5.55. The molecule has 0 aliphatic carbocycles. The summed E-state index contributed by atoms with van der Waals surface area (Å²) >= 11 is 0. The Morgan fingerprint density at radius 3 is 2.61 bits per heavy atom. The summed E-state index contributed by atoms with van der Waals surface area (Å²) in [6, 6.07) is 5.93. The van der Waals surface area contributed by atoms with Gasteiger partial charge < -0.3 is 19.3 Å². The van der Waals surface area contributed by atoms with E-state index in [1.807, 2.05) is 51.0 Å². The van der Waals surface area contributed by atoms with Gasteiger partial charge in [-0.15, -0.1) is 0 Å². The minimum Gasteiger partial charge on any atom is -0.483 e. The predicted molar refractivity (Wildman–Crippen MR) is 124 cm³/mol. The molecule has 0 spiro atoms. The van der Waals surface area contributed by atoms with Crippen molar-refractivity contribution in [2.24, 2.45) is 0 Å². The molecule has 172 valence electrons. The molecule has 2 aromatic heterocycles. The fourth-order valence-electron chi connectivity index (χ4n) is 3.80. The van der Waals surface area contributed by atoms with E-state index in [0.29, 0.717) is 31.3 Å². The summed E-state index contributed by atoms with van der Waals surface area (Å²) < 4.78 is 11.9. The monoisotopic (exact) mass is 448 g/mol. The molecule has 1 amide bonds. The van der Waals surface area contributed by atoms with Crippen molar-refractivity contribution in [3.8, 4) is 16.9 Å². The molecule has 33 heavy (non-hydrogen) atoms. The largest absolute Gasteiger partial charge is 0.483 e. The predicted octanol–water partition coefficient (Wildman–Crippen LogP) is 2.60. The topological polar surface area (TPSA) is 93.6 Å². The highest BCUT2D eigenvalue weighted by atomic mass is 16.5. The van der Waals surface area contributed by atoms with E-state index in [4.69, 9.17) is 14.5 Å². The summed E-state index contributed by atoms with van der Waals surface area (Å²) in [5.41, 5.74) is 4.30. The number of aryl methyl sites for hydroxylation is 2. The van der Waals surface area contributed by atoms with Gasteiger partial charge >= 0.3 is 0 Å². The molecule has 9 nitrogen and oxygen atoms in total. The van der Waals surface area contributed by atoms with Crippen molar-refractivity contribution < 1.29 is 14.3 Å². The van der Waals surface area contributed by atoms with Gasteiger partial charge in [0.05, 0.1) is 18.8 Å². The summed E-state index contributed by atoms with van der Waals surface area (Å²) in [5.74, 6) is 1.24. The lowest BCUT2D eigenvalue weighted by atomic mass is 10.0. The van der Waals surface area contributed by atoms with Crippen LogP contribution in [0.15, 0.2) is 43.1 Å². The van der Waals surface area contributed by atoms with Gasteiger partial charge in [0.2, 0.25) is 5.95 Å². The number of carbonyl (C=O) groups is 1. The number of benzene rings is 1. The number of amides is 1. The Bertz CT molecular complexity index is 1100. The number of para-hydroxylation sites is 1. The van der Waals surface area contributed by atoms with Crippen molar-refractivity contribution in [3.63, 3.8) is 0 Å². The van der Waals surface area contributed by atoms with Crippen LogP contribution in [0.3, 0.4) is 0 Å². The zero-order valence-electron chi connectivity index (χ0n) is 19.4. The minimum absolute atomic E-state index is 0.0233. The van der Waals surface area contributed by atoms with Crippen LogP contribution >= 0.6 is 0 Å². The maximum absolute atomic E-state index is 13.0. The quantitative estimate of drug-likeness (QED) is 0.568. The van der Waals surface area contributed by atoms with E-state index in [2.05, 4.69) is 15.0 Å². The summed E-state index contributed by atoms with van der Waals surface area (Å²) in [5, 5.41) is 0. The van der Waals surface area contributed by atoms with Crippen LogP contribution < -0.4 is 9.64 Å².